The first-order chi connectivity index (χ1) is 13.4. The lowest BCUT2D eigenvalue weighted by Gasteiger charge is -2.17. The zero-order chi connectivity index (χ0) is 20.3. The van der Waals surface area contributed by atoms with Gasteiger partial charge in [0.05, 0.1) is 22.3 Å². The Balaban J connectivity index is 2.00. The summed E-state index contributed by atoms with van der Waals surface area (Å²) in [4.78, 5) is 29.9. The quantitative estimate of drug-likeness (QED) is 0.506. The molecule has 0 saturated heterocycles. The number of hydrogen-bond donors (Lipinski definition) is 1. The third-order valence-electron chi connectivity index (χ3n) is 4.53. The molecule has 7 heteroatoms. The van der Waals surface area contributed by atoms with Gasteiger partial charge in [-0.3, -0.25) is 14.2 Å². The molecule has 146 valence electrons. The van der Waals surface area contributed by atoms with Crippen LogP contribution >= 0.6 is 11.8 Å². The minimum atomic E-state index is -0.447. The molecule has 1 atom stereocenters. The second-order valence-corrected chi connectivity index (χ2v) is 7.86. The molecule has 1 N–H and O–H groups in total. The van der Waals surface area contributed by atoms with E-state index >= 15 is 0 Å². The Hall–Kier alpha value is -2.67. The molecule has 0 saturated carbocycles. The van der Waals surface area contributed by atoms with Gasteiger partial charge in [0.25, 0.3) is 5.56 Å². The normalized spacial score (nSPS) is 12.3. The van der Waals surface area contributed by atoms with Gasteiger partial charge in [0.15, 0.2) is 5.16 Å². The molecule has 1 heterocycles. The van der Waals surface area contributed by atoms with E-state index in [1.807, 2.05) is 20.8 Å². The maximum Gasteiger partial charge on any atom is 0.266 e. The monoisotopic (exact) mass is 399 g/mol. The van der Waals surface area contributed by atoms with Gasteiger partial charge in [-0.15, -0.1) is 0 Å². The highest BCUT2D eigenvalue weighted by atomic mass is 32.2. The van der Waals surface area contributed by atoms with Gasteiger partial charge in [-0.2, -0.15) is 0 Å². The summed E-state index contributed by atoms with van der Waals surface area (Å²) in [7, 11) is 0. The number of benzene rings is 2. The number of thioether (sulfide) groups is 1. The van der Waals surface area contributed by atoms with E-state index in [1.165, 1.54) is 22.8 Å². The van der Waals surface area contributed by atoms with E-state index in [4.69, 9.17) is 0 Å². The minimum absolute atomic E-state index is 0.0445. The molecule has 1 aromatic heterocycles. The van der Waals surface area contributed by atoms with E-state index in [9.17, 15) is 14.0 Å². The second kappa shape index (κ2) is 8.56. The molecule has 0 fully saturated rings. The van der Waals surface area contributed by atoms with Gasteiger partial charge in [-0.25, -0.2) is 9.37 Å². The predicted octanol–water partition coefficient (Wildman–Crippen LogP) is 3.78. The standard InChI is InChI=1S/C21H22FN3O2S/c1-13(2)14(3)23-19(26)12-28-21-24-18-10-5-4-9-17(18)20(27)25(21)16-8-6-7-15(22)11-16/h4-11,13-14H,12H2,1-3H3,(H,23,26). The smallest absolute Gasteiger partial charge is 0.266 e. The summed E-state index contributed by atoms with van der Waals surface area (Å²) in [6.07, 6.45) is 0. The number of rotatable bonds is 6. The lowest BCUT2D eigenvalue weighted by molar-refractivity contribution is -0.119. The maximum absolute atomic E-state index is 13.8. The molecule has 0 bridgehead atoms. The third-order valence-corrected chi connectivity index (χ3v) is 5.47. The van der Waals surface area contributed by atoms with Gasteiger partial charge in [-0.1, -0.05) is 43.8 Å². The summed E-state index contributed by atoms with van der Waals surface area (Å²) in [5.74, 6) is -0.161. The van der Waals surface area contributed by atoms with Crippen LogP contribution in [0.2, 0.25) is 0 Å². The number of halogens is 1. The average Bonchev–Trinajstić information content (AvgIpc) is 2.66. The number of para-hydroxylation sites is 1. The van der Waals surface area contributed by atoms with Crippen molar-refractivity contribution in [2.24, 2.45) is 5.92 Å². The molecule has 1 unspecified atom stereocenters. The Kier molecular flexibility index (Phi) is 6.14. The molecule has 28 heavy (non-hydrogen) atoms. The highest BCUT2D eigenvalue weighted by molar-refractivity contribution is 7.99. The molecule has 5 nitrogen and oxygen atoms in total. The Morgan fingerprint density at radius 2 is 1.93 bits per heavy atom. The fourth-order valence-electron chi connectivity index (χ4n) is 2.64. The zero-order valence-electron chi connectivity index (χ0n) is 16.0. The number of fused-ring (bicyclic) bond motifs is 1. The van der Waals surface area contributed by atoms with E-state index in [1.54, 1.807) is 30.3 Å². The Morgan fingerprint density at radius 3 is 2.64 bits per heavy atom. The summed E-state index contributed by atoms with van der Waals surface area (Å²) in [5, 5.41) is 3.72. The van der Waals surface area contributed by atoms with Gasteiger partial charge in [-0.05, 0) is 43.2 Å². The summed E-state index contributed by atoms with van der Waals surface area (Å²) < 4.78 is 15.1. The lowest BCUT2D eigenvalue weighted by atomic mass is 10.1. The Labute approximate surface area is 167 Å². The first-order valence-electron chi connectivity index (χ1n) is 9.06. The molecule has 0 radical (unpaired) electrons. The van der Waals surface area contributed by atoms with Crippen molar-refractivity contribution in [2.75, 3.05) is 5.75 Å². The van der Waals surface area contributed by atoms with Crippen molar-refractivity contribution >= 4 is 28.6 Å². The SMILES string of the molecule is CC(C)C(C)NC(=O)CSc1nc2ccccc2c(=O)n1-c1cccc(F)c1. The maximum atomic E-state index is 13.8. The van der Waals surface area contributed by atoms with Crippen LogP contribution in [0.15, 0.2) is 58.5 Å². The van der Waals surface area contributed by atoms with E-state index < -0.39 is 5.82 Å². The zero-order valence-corrected chi connectivity index (χ0v) is 16.8. The molecule has 1 amide bonds. The van der Waals surface area contributed by atoms with Gasteiger partial charge in [0.2, 0.25) is 5.91 Å². The molecule has 0 aliphatic rings. The number of aromatic nitrogens is 2. The molecule has 0 aliphatic carbocycles. The summed E-state index contributed by atoms with van der Waals surface area (Å²) in [5.41, 5.74) is 0.620. The van der Waals surface area contributed by atoms with Gasteiger partial charge < -0.3 is 5.32 Å². The topological polar surface area (TPSA) is 64.0 Å². The predicted molar refractivity (Wildman–Crippen MR) is 110 cm³/mol. The van der Waals surface area contributed by atoms with E-state index in [2.05, 4.69) is 10.3 Å². The van der Waals surface area contributed by atoms with Crippen LogP contribution in [-0.4, -0.2) is 27.3 Å². The van der Waals surface area contributed by atoms with Crippen LogP contribution in [-0.2, 0) is 4.79 Å². The molecule has 0 spiro atoms. The van der Waals surface area contributed by atoms with Crippen molar-refractivity contribution in [3.05, 3.63) is 64.7 Å². The molecule has 3 aromatic rings. The molecule has 3 rings (SSSR count). The lowest BCUT2D eigenvalue weighted by Crippen LogP contribution is -2.37. The van der Waals surface area contributed by atoms with Crippen LogP contribution in [0.1, 0.15) is 20.8 Å². The first-order valence-corrected chi connectivity index (χ1v) is 10.0. The van der Waals surface area contributed by atoms with Crippen LogP contribution in [0.3, 0.4) is 0 Å². The van der Waals surface area contributed by atoms with Crippen molar-refractivity contribution in [1.82, 2.24) is 14.9 Å². The molecular weight excluding hydrogens is 377 g/mol. The largest absolute Gasteiger partial charge is 0.353 e. The minimum Gasteiger partial charge on any atom is -0.353 e. The van der Waals surface area contributed by atoms with Crippen molar-refractivity contribution in [2.45, 2.75) is 32.0 Å². The first kappa shape index (κ1) is 20.1. The number of amides is 1. The fourth-order valence-corrected chi connectivity index (χ4v) is 3.47. The Morgan fingerprint density at radius 1 is 1.18 bits per heavy atom. The van der Waals surface area contributed by atoms with Crippen LogP contribution in [0.5, 0.6) is 0 Å². The van der Waals surface area contributed by atoms with Gasteiger partial charge in [0.1, 0.15) is 5.82 Å². The second-order valence-electron chi connectivity index (χ2n) is 6.92. The number of nitrogens with zero attached hydrogens (tertiary/aromatic N) is 2. The summed E-state index contributed by atoms with van der Waals surface area (Å²) >= 11 is 1.16. The number of carbonyl (C=O) groups is 1. The van der Waals surface area contributed by atoms with E-state index in [0.29, 0.717) is 27.7 Å². The highest BCUT2D eigenvalue weighted by Crippen LogP contribution is 2.21. The fraction of sp³-hybridized carbons (Fsp3) is 0.286. The number of nitrogens with one attached hydrogen (secondary N) is 1. The van der Waals surface area contributed by atoms with Crippen LogP contribution in [0.4, 0.5) is 4.39 Å². The molecule has 0 aliphatic heterocycles. The number of carbonyl (C=O) groups excluding carboxylic acids is 1. The van der Waals surface area contributed by atoms with Crippen LogP contribution in [0, 0.1) is 11.7 Å². The van der Waals surface area contributed by atoms with Crippen LogP contribution in [0.25, 0.3) is 16.6 Å². The number of hydrogen-bond acceptors (Lipinski definition) is 4. The van der Waals surface area contributed by atoms with Crippen LogP contribution < -0.4 is 10.9 Å². The molecular formula is C21H22FN3O2S. The van der Waals surface area contributed by atoms with Crippen molar-refractivity contribution in [3.63, 3.8) is 0 Å². The highest BCUT2D eigenvalue weighted by Gasteiger charge is 2.16. The Bertz CT molecular complexity index is 1060. The summed E-state index contributed by atoms with van der Waals surface area (Å²) in [6.45, 7) is 6.01. The van der Waals surface area contributed by atoms with Gasteiger partial charge >= 0.3 is 0 Å². The van der Waals surface area contributed by atoms with Crippen molar-refractivity contribution < 1.29 is 9.18 Å². The average molecular weight is 399 g/mol. The summed E-state index contributed by atoms with van der Waals surface area (Å²) in [6, 6.07) is 12.8. The molecule has 2 aromatic carbocycles. The van der Waals surface area contributed by atoms with Gasteiger partial charge in [0, 0.05) is 6.04 Å². The van der Waals surface area contributed by atoms with Crippen molar-refractivity contribution in [3.8, 4) is 5.69 Å². The van der Waals surface area contributed by atoms with E-state index in [0.717, 1.165) is 11.8 Å². The van der Waals surface area contributed by atoms with E-state index in [-0.39, 0.29) is 23.3 Å². The third kappa shape index (κ3) is 4.42. The van der Waals surface area contributed by atoms with Crippen molar-refractivity contribution in [1.29, 1.82) is 0 Å².